The quantitative estimate of drug-likeness (QED) is 0.645. The van der Waals surface area contributed by atoms with Crippen molar-refractivity contribution < 1.29 is 9.59 Å². The number of H-pyrrole nitrogens is 1. The molecule has 0 spiro atoms. The molecule has 0 aliphatic carbocycles. The highest BCUT2D eigenvalue weighted by atomic mass is 35.5. The number of hydrogen-bond acceptors (Lipinski definition) is 3. The van der Waals surface area contributed by atoms with Crippen molar-refractivity contribution in [3.8, 4) is 0 Å². The van der Waals surface area contributed by atoms with Gasteiger partial charge in [-0.2, -0.15) is 0 Å². The molecule has 1 aromatic heterocycles. The molecule has 0 aliphatic rings. The first kappa shape index (κ1) is 15.1. The fraction of sp³-hybridized carbons (Fsp3) is 0.0625. The molecule has 3 aromatic rings. The molecule has 3 N–H and O–H groups in total. The van der Waals surface area contributed by atoms with E-state index in [0.717, 1.165) is 16.6 Å². The molecule has 0 aliphatic heterocycles. The summed E-state index contributed by atoms with van der Waals surface area (Å²) in [7, 11) is 0. The lowest BCUT2D eigenvalue weighted by molar-refractivity contribution is -0.136. The molecule has 0 radical (unpaired) electrons. The van der Waals surface area contributed by atoms with E-state index in [1.807, 2.05) is 6.07 Å². The number of benzene rings is 2. The number of aromatic amines is 1. The van der Waals surface area contributed by atoms with E-state index < -0.39 is 11.8 Å². The third-order valence-corrected chi connectivity index (χ3v) is 3.65. The van der Waals surface area contributed by atoms with Crippen molar-refractivity contribution in [3.63, 3.8) is 0 Å². The zero-order chi connectivity index (χ0) is 16.2. The van der Waals surface area contributed by atoms with Gasteiger partial charge >= 0.3 is 11.8 Å². The van der Waals surface area contributed by atoms with Crippen LogP contribution in [0.25, 0.3) is 11.0 Å². The predicted octanol–water partition coefficient (Wildman–Crippen LogP) is 2.47. The van der Waals surface area contributed by atoms with Gasteiger partial charge in [0.2, 0.25) is 0 Å². The average molecular weight is 329 g/mol. The maximum atomic E-state index is 11.9. The van der Waals surface area contributed by atoms with Gasteiger partial charge in [0, 0.05) is 17.3 Å². The third-order valence-electron chi connectivity index (χ3n) is 3.28. The van der Waals surface area contributed by atoms with Crippen LogP contribution in [0.5, 0.6) is 0 Å². The van der Waals surface area contributed by atoms with Gasteiger partial charge in [-0.25, -0.2) is 4.98 Å². The number of rotatable bonds is 3. The fourth-order valence-electron chi connectivity index (χ4n) is 2.10. The van der Waals surface area contributed by atoms with E-state index in [-0.39, 0.29) is 6.54 Å². The van der Waals surface area contributed by atoms with Crippen LogP contribution in [-0.4, -0.2) is 21.8 Å². The first-order chi connectivity index (χ1) is 11.1. The Morgan fingerprint density at radius 1 is 1.13 bits per heavy atom. The SMILES string of the molecule is O=C(NCc1ccccc1Cl)C(=O)Nc1ccc2nc[nH]c2c1. The number of nitrogens with zero attached hydrogens (tertiary/aromatic N) is 1. The summed E-state index contributed by atoms with van der Waals surface area (Å²) in [4.78, 5) is 30.8. The van der Waals surface area contributed by atoms with Crippen LogP contribution in [0.3, 0.4) is 0 Å². The van der Waals surface area contributed by atoms with Crippen LogP contribution in [0, 0.1) is 0 Å². The monoisotopic (exact) mass is 328 g/mol. The predicted molar refractivity (Wildman–Crippen MR) is 88.0 cm³/mol. The van der Waals surface area contributed by atoms with Crippen LogP contribution < -0.4 is 10.6 Å². The van der Waals surface area contributed by atoms with Crippen LogP contribution in [0.4, 0.5) is 5.69 Å². The van der Waals surface area contributed by atoms with Crippen LogP contribution in [0.1, 0.15) is 5.56 Å². The molecule has 6 nitrogen and oxygen atoms in total. The standard InChI is InChI=1S/C16H13ClN4O2/c17-12-4-2-1-3-10(12)8-18-15(22)16(23)21-11-5-6-13-14(7-11)20-9-19-13/h1-7,9H,8H2,(H,18,22)(H,19,20)(H,21,23). The van der Waals surface area contributed by atoms with Crippen molar-refractivity contribution in [2.75, 3.05) is 5.32 Å². The molecule has 0 atom stereocenters. The number of nitrogens with one attached hydrogen (secondary N) is 3. The van der Waals surface area contributed by atoms with Crippen molar-refractivity contribution in [1.29, 1.82) is 0 Å². The lowest BCUT2D eigenvalue weighted by atomic mass is 10.2. The summed E-state index contributed by atoms with van der Waals surface area (Å²) < 4.78 is 0. The molecule has 2 aromatic carbocycles. The molecule has 116 valence electrons. The molecule has 0 saturated carbocycles. The lowest BCUT2D eigenvalue weighted by Gasteiger charge is -2.07. The molecule has 23 heavy (non-hydrogen) atoms. The third kappa shape index (κ3) is 3.49. The number of fused-ring (bicyclic) bond motifs is 1. The summed E-state index contributed by atoms with van der Waals surface area (Å²) in [5.41, 5.74) is 2.82. The summed E-state index contributed by atoms with van der Waals surface area (Å²) in [5.74, 6) is -1.47. The van der Waals surface area contributed by atoms with Gasteiger partial charge in [-0.3, -0.25) is 9.59 Å². The van der Waals surface area contributed by atoms with Crippen molar-refractivity contribution in [1.82, 2.24) is 15.3 Å². The van der Waals surface area contributed by atoms with Crippen LogP contribution in [0.2, 0.25) is 5.02 Å². The van der Waals surface area contributed by atoms with Gasteiger partial charge in [-0.15, -0.1) is 0 Å². The van der Waals surface area contributed by atoms with Gasteiger partial charge in [0.15, 0.2) is 0 Å². The Labute approximate surface area is 136 Å². The second-order valence-corrected chi connectivity index (χ2v) is 5.27. The van der Waals surface area contributed by atoms with E-state index in [1.54, 1.807) is 42.7 Å². The molecular weight excluding hydrogens is 316 g/mol. The van der Waals surface area contributed by atoms with E-state index >= 15 is 0 Å². The second kappa shape index (κ2) is 6.50. The zero-order valence-corrected chi connectivity index (χ0v) is 12.7. The molecule has 3 rings (SSSR count). The highest BCUT2D eigenvalue weighted by Gasteiger charge is 2.14. The first-order valence-electron chi connectivity index (χ1n) is 6.89. The highest BCUT2D eigenvalue weighted by Crippen LogP contribution is 2.16. The summed E-state index contributed by atoms with van der Waals surface area (Å²) in [5, 5.41) is 5.62. The molecular formula is C16H13ClN4O2. The molecule has 2 amide bonds. The lowest BCUT2D eigenvalue weighted by Crippen LogP contribution is -2.35. The Kier molecular flexibility index (Phi) is 4.25. The molecule has 0 bridgehead atoms. The largest absolute Gasteiger partial charge is 0.345 e. The average Bonchev–Trinajstić information content (AvgIpc) is 3.01. The smallest absolute Gasteiger partial charge is 0.313 e. The topological polar surface area (TPSA) is 86.9 Å². The van der Waals surface area contributed by atoms with Crippen LogP contribution in [0.15, 0.2) is 48.8 Å². The zero-order valence-electron chi connectivity index (χ0n) is 12.0. The molecule has 7 heteroatoms. The highest BCUT2D eigenvalue weighted by molar-refractivity contribution is 6.39. The van der Waals surface area contributed by atoms with E-state index in [9.17, 15) is 9.59 Å². The van der Waals surface area contributed by atoms with Crippen molar-refractivity contribution in [3.05, 3.63) is 59.4 Å². The molecule has 0 unspecified atom stereocenters. The van der Waals surface area contributed by atoms with Crippen LogP contribution in [-0.2, 0) is 16.1 Å². The Morgan fingerprint density at radius 2 is 1.96 bits per heavy atom. The number of imidazole rings is 1. The first-order valence-corrected chi connectivity index (χ1v) is 7.27. The number of amides is 2. The minimum atomic E-state index is -0.740. The molecule has 1 heterocycles. The van der Waals surface area contributed by atoms with Crippen molar-refractivity contribution in [2.24, 2.45) is 0 Å². The normalized spacial score (nSPS) is 10.5. The van der Waals surface area contributed by atoms with Gasteiger partial charge in [-0.1, -0.05) is 29.8 Å². The number of carbonyl (C=O) groups is 2. The van der Waals surface area contributed by atoms with Gasteiger partial charge in [0.05, 0.1) is 17.4 Å². The minimum absolute atomic E-state index is 0.186. The van der Waals surface area contributed by atoms with Gasteiger partial charge < -0.3 is 15.6 Å². The van der Waals surface area contributed by atoms with Gasteiger partial charge in [-0.05, 0) is 29.8 Å². The second-order valence-electron chi connectivity index (χ2n) is 4.86. The summed E-state index contributed by atoms with van der Waals surface area (Å²) in [6.07, 6.45) is 1.56. The molecule has 0 saturated heterocycles. The van der Waals surface area contributed by atoms with E-state index in [1.165, 1.54) is 0 Å². The van der Waals surface area contributed by atoms with E-state index in [0.29, 0.717) is 10.7 Å². The van der Waals surface area contributed by atoms with E-state index in [4.69, 9.17) is 11.6 Å². The van der Waals surface area contributed by atoms with Gasteiger partial charge in [0.25, 0.3) is 0 Å². The number of halogens is 1. The fourth-order valence-corrected chi connectivity index (χ4v) is 2.30. The Hall–Kier alpha value is -2.86. The maximum absolute atomic E-state index is 11.9. The number of carbonyl (C=O) groups excluding carboxylic acids is 2. The number of anilines is 1. The molecule has 0 fully saturated rings. The van der Waals surface area contributed by atoms with Crippen molar-refractivity contribution in [2.45, 2.75) is 6.54 Å². The van der Waals surface area contributed by atoms with Crippen molar-refractivity contribution >= 4 is 40.1 Å². The Balaban J connectivity index is 1.61. The summed E-state index contributed by atoms with van der Waals surface area (Å²) >= 11 is 6.00. The Bertz CT molecular complexity index is 875. The summed E-state index contributed by atoms with van der Waals surface area (Å²) in [6, 6.07) is 12.3. The van der Waals surface area contributed by atoms with E-state index in [2.05, 4.69) is 20.6 Å². The summed E-state index contributed by atoms with van der Waals surface area (Å²) in [6.45, 7) is 0.186. The Morgan fingerprint density at radius 3 is 2.78 bits per heavy atom. The van der Waals surface area contributed by atoms with Crippen LogP contribution >= 0.6 is 11.6 Å². The number of aromatic nitrogens is 2. The van der Waals surface area contributed by atoms with Gasteiger partial charge in [0.1, 0.15) is 0 Å². The minimum Gasteiger partial charge on any atom is -0.345 e. The number of hydrogen-bond donors (Lipinski definition) is 3. The maximum Gasteiger partial charge on any atom is 0.313 e.